The second-order valence-corrected chi connectivity index (χ2v) is 6.70. The molecule has 4 nitrogen and oxygen atoms in total. The van der Waals surface area contributed by atoms with E-state index in [1.165, 1.54) is 24.8 Å². The molecule has 1 aromatic carbocycles. The molecule has 7 heteroatoms. The molecule has 0 amide bonds. The summed E-state index contributed by atoms with van der Waals surface area (Å²) in [6.45, 7) is 3.18. The van der Waals surface area contributed by atoms with E-state index in [4.69, 9.17) is 5.73 Å². The monoisotopic (exact) mass is 292 g/mol. The number of halogens is 1. The summed E-state index contributed by atoms with van der Waals surface area (Å²) in [6, 6.07) is 2.15. The maximum atomic E-state index is 13.5. The Labute approximate surface area is 111 Å². The minimum atomic E-state index is -3.74. The van der Waals surface area contributed by atoms with Gasteiger partial charge in [-0.25, -0.2) is 17.5 Å². The first-order chi connectivity index (χ1) is 8.27. The van der Waals surface area contributed by atoms with Crippen LogP contribution in [-0.2, 0) is 10.0 Å². The molecule has 0 radical (unpaired) electrons. The van der Waals surface area contributed by atoms with Crippen LogP contribution in [0.15, 0.2) is 17.0 Å². The van der Waals surface area contributed by atoms with Crippen molar-refractivity contribution in [1.82, 2.24) is 4.72 Å². The molecule has 1 rings (SSSR count). The van der Waals surface area contributed by atoms with Gasteiger partial charge in [0.2, 0.25) is 10.0 Å². The number of sulfonamides is 1. The molecule has 0 aliphatic rings. The van der Waals surface area contributed by atoms with Gasteiger partial charge in [0.25, 0.3) is 0 Å². The third kappa shape index (κ3) is 3.60. The summed E-state index contributed by atoms with van der Waals surface area (Å²) in [4.78, 5) is -0.104. The first kappa shape index (κ1) is 15.3. The van der Waals surface area contributed by atoms with Crippen molar-refractivity contribution in [3.63, 3.8) is 0 Å². The molecule has 0 saturated heterocycles. The van der Waals surface area contributed by atoms with E-state index in [1.807, 2.05) is 6.26 Å². The van der Waals surface area contributed by atoms with Gasteiger partial charge in [-0.05, 0) is 32.2 Å². The number of thioether (sulfide) groups is 1. The second-order valence-electron chi connectivity index (χ2n) is 4.10. The molecule has 18 heavy (non-hydrogen) atoms. The largest absolute Gasteiger partial charge is 0.399 e. The number of nitrogens with one attached hydrogen (secondary N) is 1. The van der Waals surface area contributed by atoms with Crippen molar-refractivity contribution in [2.45, 2.75) is 24.8 Å². The second kappa shape index (κ2) is 5.90. The number of benzene rings is 1. The Bertz CT molecular complexity index is 532. The lowest BCUT2D eigenvalue weighted by molar-refractivity contribution is 0.565. The fourth-order valence-corrected chi connectivity index (χ4v) is 3.79. The van der Waals surface area contributed by atoms with Crippen LogP contribution in [0.5, 0.6) is 0 Å². The lowest BCUT2D eigenvalue weighted by atomic mass is 10.2. The highest BCUT2D eigenvalue weighted by molar-refractivity contribution is 7.98. The van der Waals surface area contributed by atoms with Crippen LogP contribution in [0.1, 0.15) is 12.5 Å². The van der Waals surface area contributed by atoms with Crippen LogP contribution in [0.25, 0.3) is 0 Å². The average Bonchev–Trinajstić information content (AvgIpc) is 2.22. The molecule has 1 atom stereocenters. The van der Waals surface area contributed by atoms with Gasteiger partial charge in [-0.15, -0.1) is 0 Å². The third-order valence-corrected chi connectivity index (χ3v) is 4.93. The van der Waals surface area contributed by atoms with E-state index in [0.717, 1.165) is 6.07 Å². The molecule has 0 aromatic heterocycles. The third-order valence-electron chi connectivity index (χ3n) is 2.38. The molecule has 0 saturated carbocycles. The molecule has 102 valence electrons. The smallest absolute Gasteiger partial charge is 0.241 e. The van der Waals surface area contributed by atoms with Gasteiger partial charge in [-0.1, -0.05) is 0 Å². The van der Waals surface area contributed by atoms with E-state index < -0.39 is 15.8 Å². The maximum absolute atomic E-state index is 13.5. The predicted octanol–water partition coefficient (Wildman–Crippen LogP) is 1.75. The minimum Gasteiger partial charge on any atom is -0.399 e. The molecule has 0 fully saturated rings. The van der Waals surface area contributed by atoms with Gasteiger partial charge in [0.05, 0.1) is 4.90 Å². The van der Waals surface area contributed by atoms with E-state index in [0.29, 0.717) is 5.75 Å². The molecular weight excluding hydrogens is 275 g/mol. The standard InChI is InChI=1S/C11H17FN2O2S2/c1-7(6-17-3)14-18(15,16)11-5-9(13)4-10(12)8(11)2/h4-5,7,14H,6,13H2,1-3H3. The van der Waals surface area contributed by atoms with E-state index in [-0.39, 0.29) is 22.2 Å². The minimum absolute atomic E-state index is 0.0769. The van der Waals surface area contributed by atoms with Crippen LogP contribution in [0.4, 0.5) is 10.1 Å². The molecule has 0 aliphatic carbocycles. The quantitative estimate of drug-likeness (QED) is 0.811. The molecule has 1 aromatic rings. The summed E-state index contributed by atoms with van der Waals surface area (Å²) in [5.74, 6) is 0.0242. The topological polar surface area (TPSA) is 72.2 Å². The van der Waals surface area contributed by atoms with Crippen molar-refractivity contribution in [2.24, 2.45) is 0 Å². The zero-order valence-electron chi connectivity index (χ0n) is 10.5. The van der Waals surface area contributed by atoms with Crippen molar-refractivity contribution >= 4 is 27.5 Å². The number of nitrogens with two attached hydrogens (primary N) is 1. The van der Waals surface area contributed by atoms with Crippen LogP contribution in [0.2, 0.25) is 0 Å². The summed E-state index contributed by atoms with van der Waals surface area (Å²) < 4.78 is 40.2. The number of hydrogen-bond acceptors (Lipinski definition) is 4. The van der Waals surface area contributed by atoms with E-state index in [2.05, 4.69) is 4.72 Å². The van der Waals surface area contributed by atoms with Gasteiger partial charge in [-0.3, -0.25) is 0 Å². The first-order valence-electron chi connectivity index (χ1n) is 5.35. The van der Waals surface area contributed by atoms with Gasteiger partial charge in [0, 0.05) is 23.0 Å². The predicted molar refractivity (Wildman–Crippen MR) is 73.7 cm³/mol. The molecular formula is C11H17FN2O2S2. The molecule has 1 unspecified atom stereocenters. The summed E-state index contributed by atoms with van der Waals surface area (Å²) >= 11 is 1.53. The SMILES string of the molecule is CSCC(C)NS(=O)(=O)c1cc(N)cc(F)c1C. The van der Waals surface area contributed by atoms with Crippen molar-refractivity contribution < 1.29 is 12.8 Å². The fraction of sp³-hybridized carbons (Fsp3) is 0.455. The van der Waals surface area contributed by atoms with Crippen molar-refractivity contribution in [1.29, 1.82) is 0 Å². The number of hydrogen-bond donors (Lipinski definition) is 2. The van der Waals surface area contributed by atoms with Crippen molar-refractivity contribution in [2.75, 3.05) is 17.7 Å². The molecule has 0 heterocycles. The Kier molecular flexibility index (Phi) is 5.01. The Balaban J connectivity index is 3.13. The highest BCUT2D eigenvalue weighted by Crippen LogP contribution is 2.22. The normalized spacial score (nSPS) is 13.6. The Morgan fingerprint density at radius 2 is 2.11 bits per heavy atom. The van der Waals surface area contributed by atoms with Crippen LogP contribution >= 0.6 is 11.8 Å². The van der Waals surface area contributed by atoms with Gasteiger partial charge in [0.15, 0.2) is 0 Å². The summed E-state index contributed by atoms with van der Waals surface area (Å²) in [5, 5.41) is 0. The molecule has 0 bridgehead atoms. The van der Waals surface area contributed by atoms with Crippen LogP contribution < -0.4 is 10.5 Å². The summed E-state index contributed by atoms with van der Waals surface area (Å²) in [7, 11) is -3.74. The van der Waals surface area contributed by atoms with E-state index in [1.54, 1.807) is 6.92 Å². The van der Waals surface area contributed by atoms with Gasteiger partial charge < -0.3 is 5.73 Å². The molecule has 0 aliphatic heterocycles. The average molecular weight is 292 g/mol. The lowest BCUT2D eigenvalue weighted by Gasteiger charge is -2.15. The highest BCUT2D eigenvalue weighted by atomic mass is 32.2. The number of nitrogen functional groups attached to an aromatic ring is 1. The number of rotatable bonds is 5. The maximum Gasteiger partial charge on any atom is 0.241 e. The number of anilines is 1. The first-order valence-corrected chi connectivity index (χ1v) is 8.22. The molecule has 3 N–H and O–H groups in total. The van der Waals surface area contributed by atoms with Crippen molar-refractivity contribution in [3.05, 3.63) is 23.5 Å². The summed E-state index contributed by atoms with van der Waals surface area (Å²) in [5.41, 5.74) is 5.65. The zero-order valence-corrected chi connectivity index (χ0v) is 12.2. The Hall–Kier alpha value is -0.790. The van der Waals surface area contributed by atoms with Crippen LogP contribution in [0, 0.1) is 12.7 Å². The van der Waals surface area contributed by atoms with Crippen molar-refractivity contribution in [3.8, 4) is 0 Å². The van der Waals surface area contributed by atoms with Crippen LogP contribution in [0.3, 0.4) is 0 Å². The Morgan fingerprint density at radius 3 is 2.67 bits per heavy atom. The lowest BCUT2D eigenvalue weighted by Crippen LogP contribution is -2.34. The van der Waals surface area contributed by atoms with Gasteiger partial charge >= 0.3 is 0 Å². The van der Waals surface area contributed by atoms with E-state index >= 15 is 0 Å². The molecule has 0 spiro atoms. The van der Waals surface area contributed by atoms with E-state index in [9.17, 15) is 12.8 Å². The highest BCUT2D eigenvalue weighted by Gasteiger charge is 2.21. The zero-order chi connectivity index (χ0) is 13.9. The van der Waals surface area contributed by atoms with Crippen LogP contribution in [-0.4, -0.2) is 26.5 Å². The fourth-order valence-electron chi connectivity index (χ4n) is 1.57. The Morgan fingerprint density at radius 1 is 1.50 bits per heavy atom. The van der Waals surface area contributed by atoms with Gasteiger partial charge in [-0.2, -0.15) is 11.8 Å². The summed E-state index contributed by atoms with van der Waals surface area (Å²) in [6.07, 6.45) is 1.89. The van der Waals surface area contributed by atoms with Gasteiger partial charge in [0.1, 0.15) is 5.82 Å².